The lowest BCUT2D eigenvalue weighted by Gasteiger charge is -2.17. The van der Waals surface area contributed by atoms with Crippen molar-refractivity contribution < 1.29 is 18.4 Å². The predicted molar refractivity (Wildman–Crippen MR) is 97.9 cm³/mol. The number of furan rings is 1. The third-order valence-electron chi connectivity index (χ3n) is 3.81. The number of rotatable bonds is 5. The Hall–Kier alpha value is -2.93. The average molecular weight is 372 g/mol. The summed E-state index contributed by atoms with van der Waals surface area (Å²) in [5, 5.41) is 3.26. The van der Waals surface area contributed by atoms with Crippen molar-refractivity contribution in [2.24, 2.45) is 0 Å². The van der Waals surface area contributed by atoms with E-state index in [0.29, 0.717) is 15.4 Å². The maximum atomic E-state index is 13.8. The zero-order valence-electron chi connectivity index (χ0n) is 14.3. The van der Waals surface area contributed by atoms with E-state index < -0.39 is 0 Å². The molecular weight excluding hydrogens is 355 g/mol. The summed E-state index contributed by atoms with van der Waals surface area (Å²) in [7, 11) is 1.62. The summed E-state index contributed by atoms with van der Waals surface area (Å²) >= 11 is 1.18. The Morgan fingerprint density at radius 2 is 2.00 bits per heavy atom. The molecule has 3 aromatic rings. The zero-order valence-corrected chi connectivity index (χ0v) is 15.1. The van der Waals surface area contributed by atoms with Crippen molar-refractivity contribution in [3.8, 4) is 0 Å². The summed E-state index contributed by atoms with van der Waals surface area (Å²) in [6.45, 7) is 1.96. The van der Waals surface area contributed by atoms with Crippen molar-refractivity contribution >= 4 is 28.2 Å². The van der Waals surface area contributed by atoms with Crippen LogP contribution in [0.15, 0.2) is 53.1 Å². The van der Waals surface area contributed by atoms with Gasteiger partial charge >= 0.3 is 0 Å². The van der Waals surface area contributed by atoms with E-state index >= 15 is 0 Å². The SMILES string of the molecule is Cc1cc(NC(=O)c2ccco2)sc1C(=O)N(C)Cc1ccccc1F. The summed E-state index contributed by atoms with van der Waals surface area (Å²) in [4.78, 5) is 26.7. The van der Waals surface area contributed by atoms with Crippen LogP contribution < -0.4 is 5.32 Å². The lowest BCUT2D eigenvalue weighted by Crippen LogP contribution is -2.26. The second-order valence-corrected chi connectivity index (χ2v) is 6.86. The van der Waals surface area contributed by atoms with Gasteiger partial charge in [-0.15, -0.1) is 11.3 Å². The smallest absolute Gasteiger partial charge is 0.291 e. The van der Waals surface area contributed by atoms with Crippen LogP contribution in [-0.2, 0) is 6.54 Å². The highest BCUT2D eigenvalue weighted by Gasteiger charge is 2.20. The minimum Gasteiger partial charge on any atom is -0.459 e. The molecule has 1 aromatic carbocycles. The van der Waals surface area contributed by atoms with Gasteiger partial charge < -0.3 is 14.6 Å². The Kier molecular flexibility index (Phi) is 5.18. The van der Waals surface area contributed by atoms with Gasteiger partial charge in [0.05, 0.1) is 16.1 Å². The quantitative estimate of drug-likeness (QED) is 0.726. The Labute approximate surface area is 154 Å². The van der Waals surface area contributed by atoms with Gasteiger partial charge in [-0.3, -0.25) is 9.59 Å². The van der Waals surface area contributed by atoms with E-state index in [1.54, 1.807) is 50.4 Å². The number of nitrogens with one attached hydrogen (secondary N) is 1. The molecule has 0 spiro atoms. The molecule has 0 bridgehead atoms. The van der Waals surface area contributed by atoms with E-state index in [1.807, 2.05) is 0 Å². The van der Waals surface area contributed by atoms with Crippen LogP contribution >= 0.6 is 11.3 Å². The lowest BCUT2D eigenvalue weighted by atomic mass is 10.2. The number of hydrogen-bond donors (Lipinski definition) is 1. The number of thiophene rings is 1. The van der Waals surface area contributed by atoms with Crippen molar-refractivity contribution in [3.63, 3.8) is 0 Å². The van der Waals surface area contributed by atoms with E-state index in [0.717, 1.165) is 5.56 Å². The molecule has 0 aliphatic rings. The molecular formula is C19H17FN2O3S. The number of aryl methyl sites for hydroxylation is 1. The van der Waals surface area contributed by atoms with Crippen LogP contribution in [0.5, 0.6) is 0 Å². The van der Waals surface area contributed by atoms with Crippen LogP contribution in [0.2, 0.25) is 0 Å². The topological polar surface area (TPSA) is 62.6 Å². The van der Waals surface area contributed by atoms with E-state index in [9.17, 15) is 14.0 Å². The molecule has 0 unspecified atom stereocenters. The fraction of sp³-hybridized carbons (Fsp3) is 0.158. The van der Waals surface area contributed by atoms with Gasteiger partial charge in [-0.25, -0.2) is 4.39 Å². The fourth-order valence-electron chi connectivity index (χ4n) is 2.46. The van der Waals surface area contributed by atoms with Gasteiger partial charge in [0.1, 0.15) is 5.82 Å². The number of amides is 2. The second kappa shape index (κ2) is 7.53. The predicted octanol–water partition coefficient (Wildman–Crippen LogP) is 4.31. The number of anilines is 1. The maximum absolute atomic E-state index is 13.8. The highest BCUT2D eigenvalue weighted by molar-refractivity contribution is 7.18. The molecule has 2 amide bonds. The first-order valence-electron chi connectivity index (χ1n) is 7.90. The average Bonchev–Trinajstić information content (AvgIpc) is 3.26. The third-order valence-corrected chi connectivity index (χ3v) is 4.95. The number of halogens is 1. The van der Waals surface area contributed by atoms with Gasteiger partial charge in [0.2, 0.25) is 0 Å². The minimum absolute atomic E-state index is 0.164. The Balaban J connectivity index is 1.72. The van der Waals surface area contributed by atoms with Gasteiger partial charge in [0.25, 0.3) is 11.8 Å². The molecule has 134 valence electrons. The molecule has 7 heteroatoms. The summed E-state index contributed by atoms with van der Waals surface area (Å²) in [6, 6.07) is 11.3. The maximum Gasteiger partial charge on any atom is 0.291 e. The first kappa shape index (κ1) is 17.9. The molecule has 0 fully saturated rings. The lowest BCUT2D eigenvalue weighted by molar-refractivity contribution is 0.0787. The third kappa shape index (κ3) is 3.83. The highest BCUT2D eigenvalue weighted by atomic mass is 32.1. The molecule has 0 aliphatic carbocycles. The molecule has 0 saturated carbocycles. The van der Waals surface area contributed by atoms with Crippen LogP contribution in [0.4, 0.5) is 9.39 Å². The van der Waals surface area contributed by atoms with E-state index in [-0.39, 0.29) is 29.9 Å². The van der Waals surface area contributed by atoms with Crippen LogP contribution in [0.25, 0.3) is 0 Å². The Morgan fingerprint density at radius 3 is 2.69 bits per heavy atom. The molecule has 5 nitrogen and oxygen atoms in total. The normalized spacial score (nSPS) is 10.6. The van der Waals surface area contributed by atoms with E-state index in [1.165, 1.54) is 28.6 Å². The molecule has 0 radical (unpaired) electrons. The van der Waals surface area contributed by atoms with Crippen LogP contribution in [-0.4, -0.2) is 23.8 Å². The number of carbonyl (C=O) groups excluding carboxylic acids is 2. The number of carbonyl (C=O) groups is 2. The summed E-state index contributed by atoms with van der Waals surface area (Å²) < 4.78 is 18.8. The molecule has 26 heavy (non-hydrogen) atoms. The summed E-state index contributed by atoms with van der Waals surface area (Å²) in [6.07, 6.45) is 1.42. The van der Waals surface area contributed by atoms with E-state index in [2.05, 4.69) is 5.32 Å². The van der Waals surface area contributed by atoms with Gasteiger partial charge in [-0.1, -0.05) is 18.2 Å². The molecule has 0 saturated heterocycles. The van der Waals surface area contributed by atoms with Crippen molar-refractivity contribution in [2.45, 2.75) is 13.5 Å². The van der Waals surface area contributed by atoms with Crippen molar-refractivity contribution in [3.05, 3.63) is 76.3 Å². The Morgan fingerprint density at radius 1 is 1.23 bits per heavy atom. The van der Waals surface area contributed by atoms with Crippen LogP contribution in [0.1, 0.15) is 31.4 Å². The monoisotopic (exact) mass is 372 g/mol. The minimum atomic E-state index is -0.380. The largest absolute Gasteiger partial charge is 0.459 e. The Bertz CT molecular complexity index is 934. The molecule has 2 aromatic heterocycles. The van der Waals surface area contributed by atoms with Crippen molar-refractivity contribution in [1.29, 1.82) is 0 Å². The first-order valence-corrected chi connectivity index (χ1v) is 8.71. The first-order chi connectivity index (χ1) is 12.5. The molecule has 0 aliphatic heterocycles. The van der Waals surface area contributed by atoms with Crippen molar-refractivity contribution in [2.75, 3.05) is 12.4 Å². The summed E-state index contributed by atoms with van der Waals surface area (Å²) in [5.41, 5.74) is 1.19. The van der Waals surface area contributed by atoms with E-state index in [4.69, 9.17) is 4.42 Å². The van der Waals surface area contributed by atoms with Crippen molar-refractivity contribution in [1.82, 2.24) is 4.90 Å². The molecule has 3 rings (SSSR count). The fourth-order valence-corrected chi connectivity index (χ4v) is 3.53. The van der Waals surface area contributed by atoms with Gasteiger partial charge in [-0.2, -0.15) is 0 Å². The van der Waals surface area contributed by atoms with Crippen LogP contribution in [0, 0.1) is 12.7 Å². The summed E-state index contributed by atoms with van der Waals surface area (Å²) in [5.74, 6) is -0.758. The number of benzene rings is 1. The van der Waals surface area contributed by atoms with Gasteiger partial charge in [0, 0.05) is 19.2 Å². The van der Waals surface area contributed by atoms with Gasteiger partial charge in [0.15, 0.2) is 5.76 Å². The molecule has 2 heterocycles. The number of nitrogens with zero attached hydrogens (tertiary/aromatic N) is 1. The van der Waals surface area contributed by atoms with Gasteiger partial charge in [-0.05, 0) is 36.8 Å². The standard InChI is InChI=1S/C19H17FN2O3S/c1-12-10-16(21-18(23)15-8-5-9-25-15)26-17(12)19(24)22(2)11-13-6-3-4-7-14(13)20/h3-10H,11H2,1-2H3,(H,21,23). The zero-order chi connectivity index (χ0) is 18.7. The number of hydrogen-bond acceptors (Lipinski definition) is 4. The molecule has 1 N–H and O–H groups in total. The molecule has 0 atom stereocenters. The van der Waals surface area contributed by atoms with Crippen LogP contribution in [0.3, 0.4) is 0 Å². The highest BCUT2D eigenvalue weighted by Crippen LogP contribution is 2.28. The second-order valence-electron chi connectivity index (χ2n) is 5.81.